The van der Waals surface area contributed by atoms with E-state index >= 15 is 0 Å². The Morgan fingerprint density at radius 2 is 1.62 bits per heavy atom. The molecule has 0 radical (unpaired) electrons. The van der Waals surface area contributed by atoms with E-state index in [0.717, 1.165) is 0 Å². The van der Waals surface area contributed by atoms with Crippen molar-refractivity contribution in [2.24, 2.45) is 0 Å². The van der Waals surface area contributed by atoms with E-state index in [2.05, 4.69) is 0 Å². The van der Waals surface area contributed by atoms with E-state index in [1.165, 1.54) is 18.2 Å². The fraction of sp³-hybridized carbons (Fsp3) is 0.273. The van der Waals surface area contributed by atoms with Crippen LogP contribution in [-0.4, -0.2) is 30.2 Å². The Kier molecular flexibility index (Phi) is 3.18. The van der Waals surface area contributed by atoms with E-state index in [0.29, 0.717) is 5.19 Å². The van der Waals surface area contributed by atoms with Crippen LogP contribution < -0.4 is 5.19 Å². The van der Waals surface area contributed by atoms with Crippen LogP contribution in [0.15, 0.2) is 18.2 Å². The average molecular weight is 238 g/mol. The summed E-state index contributed by atoms with van der Waals surface area (Å²) in [4.78, 5) is 21.9. The van der Waals surface area contributed by atoms with E-state index in [4.69, 9.17) is 10.2 Å². The molecule has 16 heavy (non-hydrogen) atoms. The molecule has 0 amide bonds. The molecule has 5 heteroatoms. The molecule has 86 valence electrons. The lowest BCUT2D eigenvalue weighted by molar-refractivity contribution is 0.0682. The van der Waals surface area contributed by atoms with Crippen molar-refractivity contribution in [2.45, 2.75) is 19.6 Å². The molecule has 0 spiro atoms. The van der Waals surface area contributed by atoms with Gasteiger partial charge >= 0.3 is 11.9 Å². The second-order valence-electron chi connectivity index (χ2n) is 4.62. The minimum Gasteiger partial charge on any atom is -0.478 e. The molecule has 1 aromatic rings. The van der Waals surface area contributed by atoms with E-state index in [9.17, 15) is 9.59 Å². The minimum atomic E-state index is -1.86. The first kappa shape index (κ1) is 12.4. The number of carbonyl (C=O) groups is 2. The van der Waals surface area contributed by atoms with Crippen LogP contribution in [-0.2, 0) is 0 Å². The summed E-state index contributed by atoms with van der Waals surface area (Å²) in [5, 5.41) is 18.6. The lowest BCUT2D eigenvalue weighted by Gasteiger charge is -2.19. The van der Waals surface area contributed by atoms with Crippen molar-refractivity contribution in [3.63, 3.8) is 0 Å². The van der Waals surface area contributed by atoms with E-state index < -0.39 is 20.0 Å². The molecule has 0 saturated carbocycles. The van der Waals surface area contributed by atoms with Gasteiger partial charge in [-0.1, -0.05) is 19.6 Å². The first-order valence-electron chi connectivity index (χ1n) is 4.84. The lowest BCUT2D eigenvalue weighted by atomic mass is 10.1. The molecule has 0 aromatic heterocycles. The number of hydrogen-bond donors (Lipinski definition) is 2. The molecule has 0 aliphatic rings. The maximum atomic E-state index is 11.0. The summed E-state index contributed by atoms with van der Waals surface area (Å²) in [6.45, 7) is 5.96. The van der Waals surface area contributed by atoms with Crippen LogP contribution in [0, 0.1) is 0 Å². The van der Waals surface area contributed by atoms with E-state index in [-0.39, 0.29) is 11.1 Å². The Hall–Kier alpha value is -1.62. The molecule has 0 unspecified atom stereocenters. The maximum absolute atomic E-state index is 11.0. The van der Waals surface area contributed by atoms with Crippen molar-refractivity contribution in [3.8, 4) is 0 Å². The van der Waals surface area contributed by atoms with Crippen molar-refractivity contribution >= 4 is 25.2 Å². The minimum absolute atomic E-state index is 0.141. The average Bonchev–Trinajstić information content (AvgIpc) is 2.15. The van der Waals surface area contributed by atoms with Gasteiger partial charge in [0.15, 0.2) is 0 Å². The number of rotatable bonds is 3. The van der Waals surface area contributed by atoms with Gasteiger partial charge in [-0.25, -0.2) is 9.59 Å². The Morgan fingerprint density at radius 3 is 2.00 bits per heavy atom. The fourth-order valence-corrected chi connectivity index (χ4v) is 3.07. The number of carboxylic acids is 2. The summed E-state index contributed by atoms with van der Waals surface area (Å²) in [6.07, 6.45) is 0. The van der Waals surface area contributed by atoms with Crippen LogP contribution in [0.3, 0.4) is 0 Å². The maximum Gasteiger partial charge on any atom is 0.335 e. The van der Waals surface area contributed by atoms with Gasteiger partial charge in [0.05, 0.1) is 19.2 Å². The summed E-state index contributed by atoms with van der Waals surface area (Å²) in [6, 6.07) is 4.19. The monoisotopic (exact) mass is 238 g/mol. The quantitative estimate of drug-likeness (QED) is 0.785. The van der Waals surface area contributed by atoms with Crippen LogP contribution in [0.2, 0.25) is 19.6 Å². The summed E-state index contributed by atoms with van der Waals surface area (Å²) in [5.74, 6) is -2.04. The van der Waals surface area contributed by atoms with Gasteiger partial charge in [0.2, 0.25) is 0 Å². The highest BCUT2D eigenvalue weighted by Gasteiger charge is 2.24. The van der Waals surface area contributed by atoms with Crippen molar-refractivity contribution in [1.82, 2.24) is 0 Å². The fourth-order valence-electron chi connectivity index (χ4n) is 1.48. The Morgan fingerprint density at radius 1 is 1.06 bits per heavy atom. The highest BCUT2D eigenvalue weighted by molar-refractivity contribution is 6.89. The third kappa shape index (κ3) is 2.49. The standard InChI is InChI=1S/C11H14O4Si/c1-16(2,3)9-6-7(10(12)13)4-5-8(9)11(14)15/h4-6H,1-3H3,(H,12,13)(H,14,15). The molecule has 4 nitrogen and oxygen atoms in total. The van der Waals surface area contributed by atoms with Gasteiger partial charge in [-0.15, -0.1) is 0 Å². The van der Waals surface area contributed by atoms with Crippen molar-refractivity contribution in [1.29, 1.82) is 0 Å². The first-order chi connectivity index (χ1) is 7.23. The molecule has 0 atom stereocenters. The van der Waals surface area contributed by atoms with Gasteiger partial charge in [0.1, 0.15) is 0 Å². The zero-order chi connectivity index (χ0) is 12.5. The molecule has 0 saturated heterocycles. The third-order valence-electron chi connectivity index (χ3n) is 2.30. The lowest BCUT2D eigenvalue weighted by Crippen LogP contribution is -2.41. The van der Waals surface area contributed by atoms with Gasteiger partial charge in [-0.05, 0) is 23.4 Å². The number of benzene rings is 1. The molecule has 0 heterocycles. The molecule has 1 rings (SSSR count). The molecular formula is C11H14O4Si. The number of hydrogen-bond acceptors (Lipinski definition) is 2. The summed E-state index contributed by atoms with van der Waals surface area (Å²) in [7, 11) is -1.86. The number of carboxylic acid groups (broad SMARTS) is 2. The van der Waals surface area contributed by atoms with Gasteiger partial charge < -0.3 is 10.2 Å². The van der Waals surface area contributed by atoms with Crippen molar-refractivity contribution in [3.05, 3.63) is 29.3 Å². The van der Waals surface area contributed by atoms with Crippen LogP contribution in [0.5, 0.6) is 0 Å². The normalized spacial score (nSPS) is 11.2. The van der Waals surface area contributed by atoms with Gasteiger partial charge in [-0.2, -0.15) is 0 Å². The highest BCUT2D eigenvalue weighted by atomic mass is 28.3. The van der Waals surface area contributed by atoms with Gasteiger partial charge in [-0.3, -0.25) is 0 Å². The van der Waals surface area contributed by atoms with E-state index in [1.54, 1.807) is 0 Å². The molecule has 0 aliphatic carbocycles. The van der Waals surface area contributed by atoms with E-state index in [1.807, 2.05) is 19.6 Å². The molecule has 0 fully saturated rings. The Labute approximate surface area is 94.5 Å². The van der Waals surface area contributed by atoms with Gasteiger partial charge in [0.25, 0.3) is 0 Å². The molecule has 0 aliphatic heterocycles. The Balaban J connectivity index is 3.45. The zero-order valence-electron chi connectivity index (χ0n) is 9.44. The first-order valence-corrected chi connectivity index (χ1v) is 8.34. The molecule has 2 N–H and O–H groups in total. The molecular weight excluding hydrogens is 224 g/mol. The summed E-state index contributed by atoms with van der Waals surface area (Å²) < 4.78 is 0. The zero-order valence-corrected chi connectivity index (χ0v) is 10.4. The summed E-state index contributed by atoms with van der Waals surface area (Å²) >= 11 is 0. The van der Waals surface area contributed by atoms with Crippen LogP contribution in [0.4, 0.5) is 0 Å². The predicted molar refractivity (Wildman–Crippen MR) is 63.3 cm³/mol. The van der Waals surface area contributed by atoms with Crippen LogP contribution >= 0.6 is 0 Å². The molecule has 0 bridgehead atoms. The summed E-state index contributed by atoms with van der Waals surface area (Å²) in [5.41, 5.74) is 0.353. The van der Waals surface area contributed by atoms with Crippen LogP contribution in [0.1, 0.15) is 20.7 Å². The van der Waals surface area contributed by atoms with Crippen LogP contribution in [0.25, 0.3) is 0 Å². The SMILES string of the molecule is C[Si](C)(C)c1cc(C(=O)O)ccc1C(=O)O. The number of aromatic carboxylic acids is 2. The van der Waals surface area contributed by atoms with Crippen molar-refractivity contribution in [2.75, 3.05) is 0 Å². The smallest absolute Gasteiger partial charge is 0.335 e. The largest absolute Gasteiger partial charge is 0.478 e. The highest BCUT2D eigenvalue weighted by Crippen LogP contribution is 2.10. The molecule has 1 aromatic carbocycles. The Bertz CT molecular complexity index is 446. The second-order valence-corrected chi connectivity index (χ2v) is 9.66. The topological polar surface area (TPSA) is 74.6 Å². The third-order valence-corrected chi connectivity index (χ3v) is 4.33. The second kappa shape index (κ2) is 4.09. The van der Waals surface area contributed by atoms with Gasteiger partial charge in [0, 0.05) is 0 Å². The predicted octanol–water partition coefficient (Wildman–Crippen LogP) is 1.63. The van der Waals surface area contributed by atoms with Crippen molar-refractivity contribution < 1.29 is 19.8 Å².